The fourth-order valence-electron chi connectivity index (χ4n) is 2.66. The number of hydrogen-bond donors (Lipinski definition) is 0. The highest BCUT2D eigenvalue weighted by molar-refractivity contribution is 6.47. The first-order chi connectivity index (χ1) is 6.20. The number of fused-ring (bicyclic) bond motifs is 1. The summed E-state index contributed by atoms with van der Waals surface area (Å²) in [5.41, 5.74) is 0. The van der Waals surface area contributed by atoms with Gasteiger partial charge in [0.1, 0.15) is 0 Å². The summed E-state index contributed by atoms with van der Waals surface area (Å²) in [5, 5.41) is 0. The van der Waals surface area contributed by atoms with Gasteiger partial charge in [0.25, 0.3) is 15.2 Å². The van der Waals surface area contributed by atoms with Crippen LogP contribution in [0.25, 0.3) is 0 Å². The van der Waals surface area contributed by atoms with Crippen LogP contribution in [0.1, 0.15) is 25.7 Å². The van der Waals surface area contributed by atoms with Crippen LogP contribution in [0.3, 0.4) is 0 Å². The molecule has 0 bridgehead atoms. The van der Waals surface area contributed by atoms with E-state index in [2.05, 4.69) is 5.79 Å². The van der Waals surface area contributed by atoms with E-state index in [1.807, 2.05) is 0 Å². The van der Waals surface area contributed by atoms with E-state index in [0.29, 0.717) is 0 Å². The zero-order chi connectivity index (χ0) is 9.47. The fourth-order valence-corrected chi connectivity index (χ4v) is 4.49. The molecule has 70 valence electrons. The van der Waals surface area contributed by atoms with Gasteiger partial charge in [-0.05, 0) is 12.8 Å². The van der Waals surface area contributed by atoms with E-state index >= 15 is 0 Å². The number of carbonyl (C=O) groups is 2. The first kappa shape index (κ1) is 9.24. The quantitative estimate of drug-likeness (QED) is 0.355. The first-order valence-electron chi connectivity index (χ1n) is 4.97. The molecule has 1 saturated carbocycles. The Labute approximate surface area is 83.5 Å². The van der Waals surface area contributed by atoms with Crippen LogP contribution in [0.2, 0.25) is 10.1 Å². The van der Waals surface area contributed by atoms with Crippen molar-refractivity contribution < 1.29 is 14.3 Å². The predicted octanol–water partition coefficient (Wildman–Crippen LogP) is 0.903. The molecule has 1 aliphatic carbocycles. The number of ether oxygens (including phenoxy) is 1. The summed E-state index contributed by atoms with van der Waals surface area (Å²) in [6.07, 6.45) is 3.92. The Kier molecular flexibility index (Phi) is 2.21. The highest BCUT2D eigenvalue weighted by Crippen LogP contribution is 2.52. The number of rotatable bonds is 1. The van der Waals surface area contributed by atoms with E-state index < -0.39 is 15.2 Å². The zero-order valence-electron chi connectivity index (χ0n) is 7.84. The summed E-state index contributed by atoms with van der Waals surface area (Å²) in [7, 11) is 0. The number of cyclic esters (lactones) is 2. The maximum absolute atomic E-state index is 11.6. The summed E-state index contributed by atoms with van der Waals surface area (Å²) in [6, 6.07) is 0. The van der Waals surface area contributed by atoms with Crippen LogP contribution in [0.4, 0.5) is 0 Å². The summed E-state index contributed by atoms with van der Waals surface area (Å²) in [5.74, 6) is 1.57. The van der Waals surface area contributed by atoms with Gasteiger partial charge in [-0.15, -0.1) is 5.79 Å². The Morgan fingerprint density at radius 3 is 2.85 bits per heavy atom. The van der Waals surface area contributed by atoms with Gasteiger partial charge < -0.3 is 4.74 Å². The molecule has 2 fully saturated rings. The van der Waals surface area contributed by atoms with E-state index in [1.54, 1.807) is 0 Å². The molecule has 0 N–H and O–H groups in total. The third-order valence-electron chi connectivity index (χ3n) is 3.55. The second-order valence-electron chi connectivity index (χ2n) is 4.02. The minimum atomic E-state index is -0.498. The molecule has 2 aliphatic rings. The van der Waals surface area contributed by atoms with E-state index in [9.17, 15) is 9.59 Å². The SMILES string of the molecule is [CH3][AlH][C]12CCCCC1C(=O)OC2=O. The van der Waals surface area contributed by atoms with Crippen LogP contribution in [0.15, 0.2) is 0 Å². The summed E-state index contributed by atoms with van der Waals surface area (Å²) in [4.78, 5) is 22.9. The Balaban J connectivity index is 2.35. The second-order valence-corrected chi connectivity index (χ2v) is 5.99. The van der Waals surface area contributed by atoms with E-state index in [4.69, 9.17) is 4.74 Å². The van der Waals surface area contributed by atoms with Gasteiger partial charge in [0.05, 0.1) is 5.92 Å². The summed E-state index contributed by atoms with van der Waals surface area (Å²) in [6.45, 7) is 0. The predicted molar refractivity (Wildman–Crippen MR) is 48.8 cm³/mol. The van der Waals surface area contributed by atoms with Crippen LogP contribution in [-0.2, 0) is 14.3 Å². The van der Waals surface area contributed by atoms with Crippen molar-refractivity contribution in [3.63, 3.8) is 0 Å². The lowest BCUT2D eigenvalue weighted by Crippen LogP contribution is -2.34. The summed E-state index contributed by atoms with van der Waals surface area (Å²) >= 11 is -0.498. The molecule has 13 heavy (non-hydrogen) atoms. The van der Waals surface area contributed by atoms with Gasteiger partial charge in [-0.3, -0.25) is 9.59 Å². The standard InChI is InChI=1S/C8H9O3.CH3.Al.H/c9-7-5-3-1-2-4-6(5)8(10)11-7;;;/h5H,1-4H2;1H3;;. The summed E-state index contributed by atoms with van der Waals surface area (Å²) < 4.78 is 4.45. The highest BCUT2D eigenvalue weighted by atomic mass is 27.1. The van der Waals surface area contributed by atoms with Crippen LogP contribution in [0, 0.1) is 5.92 Å². The van der Waals surface area contributed by atoms with Gasteiger partial charge in [0.2, 0.25) is 0 Å². The van der Waals surface area contributed by atoms with E-state index in [1.165, 1.54) is 0 Å². The molecular weight excluding hydrogens is 183 g/mol. The van der Waals surface area contributed by atoms with Gasteiger partial charge in [-0.25, -0.2) is 0 Å². The Bertz CT molecular complexity index is 264. The van der Waals surface area contributed by atoms with Crippen molar-refractivity contribution in [2.75, 3.05) is 0 Å². The molecule has 1 saturated heterocycles. The third-order valence-corrected chi connectivity index (χ3v) is 5.94. The van der Waals surface area contributed by atoms with Crippen LogP contribution >= 0.6 is 0 Å². The Hall–Kier alpha value is -0.328. The minimum Gasteiger partial charge on any atom is -0.393 e. The average Bonchev–Trinajstić information content (AvgIpc) is 2.41. The topological polar surface area (TPSA) is 43.4 Å². The van der Waals surface area contributed by atoms with Crippen molar-refractivity contribution in [3.8, 4) is 0 Å². The Morgan fingerprint density at radius 2 is 2.23 bits per heavy atom. The first-order valence-corrected chi connectivity index (χ1v) is 7.09. The van der Waals surface area contributed by atoms with Crippen LogP contribution < -0.4 is 0 Å². The maximum Gasteiger partial charge on any atom is 0.316 e. The van der Waals surface area contributed by atoms with Gasteiger partial charge in [-0.2, -0.15) is 0 Å². The third kappa shape index (κ3) is 1.16. The lowest BCUT2D eigenvalue weighted by atomic mass is 9.80. The number of carbonyl (C=O) groups excluding carboxylic acids is 2. The number of hydrogen-bond acceptors (Lipinski definition) is 3. The van der Waals surface area contributed by atoms with Crippen molar-refractivity contribution in [2.24, 2.45) is 5.92 Å². The smallest absolute Gasteiger partial charge is 0.316 e. The van der Waals surface area contributed by atoms with Gasteiger partial charge in [-0.1, -0.05) is 12.8 Å². The van der Waals surface area contributed by atoms with Gasteiger partial charge in [0.15, 0.2) is 0 Å². The molecule has 2 unspecified atom stereocenters. The van der Waals surface area contributed by atoms with Crippen LogP contribution in [0.5, 0.6) is 0 Å². The van der Waals surface area contributed by atoms with Crippen molar-refractivity contribution >= 4 is 27.2 Å². The fraction of sp³-hybridized carbons (Fsp3) is 0.778. The second kappa shape index (κ2) is 3.11. The molecule has 3 nitrogen and oxygen atoms in total. The normalized spacial score (nSPS) is 38.4. The van der Waals surface area contributed by atoms with Crippen molar-refractivity contribution in [1.29, 1.82) is 0 Å². The maximum atomic E-state index is 11.6. The largest absolute Gasteiger partial charge is 0.393 e. The molecule has 0 aromatic heterocycles. The zero-order valence-corrected chi connectivity index (χ0v) is 9.25. The molecule has 0 aromatic rings. The van der Waals surface area contributed by atoms with Crippen molar-refractivity contribution in [3.05, 3.63) is 0 Å². The molecule has 4 heteroatoms. The molecule has 2 atom stereocenters. The Morgan fingerprint density at radius 1 is 1.46 bits per heavy atom. The molecular formula is C9H13AlO3. The van der Waals surface area contributed by atoms with Gasteiger partial charge in [0, 0.05) is 4.28 Å². The van der Waals surface area contributed by atoms with Crippen molar-refractivity contribution in [1.82, 2.24) is 0 Å². The molecule has 0 radical (unpaired) electrons. The van der Waals surface area contributed by atoms with Crippen molar-refractivity contribution in [2.45, 2.75) is 35.7 Å². The monoisotopic (exact) mass is 196 g/mol. The lowest BCUT2D eigenvalue weighted by molar-refractivity contribution is -0.153. The van der Waals surface area contributed by atoms with Gasteiger partial charge >= 0.3 is 11.9 Å². The van der Waals surface area contributed by atoms with E-state index in [-0.39, 0.29) is 22.1 Å². The molecule has 0 aromatic carbocycles. The molecule has 0 amide bonds. The molecule has 1 heterocycles. The van der Waals surface area contributed by atoms with E-state index in [0.717, 1.165) is 25.7 Å². The van der Waals surface area contributed by atoms with Crippen LogP contribution in [-0.4, -0.2) is 27.2 Å². The molecule has 0 spiro atoms. The molecule has 2 rings (SSSR count). The highest BCUT2D eigenvalue weighted by Gasteiger charge is 2.56. The lowest BCUT2D eigenvalue weighted by Gasteiger charge is -2.32. The average molecular weight is 196 g/mol. The minimum absolute atomic E-state index is 0.0783. The molecule has 1 aliphatic heterocycles. The number of esters is 2.